The number of furan rings is 1. The molecule has 128 valence electrons. The summed E-state index contributed by atoms with van der Waals surface area (Å²) in [7, 11) is 1.66. The first-order valence-electron chi connectivity index (χ1n) is 7.58. The first-order valence-corrected chi connectivity index (χ1v) is 8.66. The maximum atomic E-state index is 12.8. The van der Waals surface area contributed by atoms with Gasteiger partial charge in [0.15, 0.2) is 0 Å². The van der Waals surface area contributed by atoms with Crippen molar-refractivity contribution in [2.45, 2.75) is 13.0 Å². The van der Waals surface area contributed by atoms with E-state index in [-0.39, 0.29) is 17.6 Å². The van der Waals surface area contributed by atoms with Crippen molar-refractivity contribution in [3.05, 3.63) is 73.5 Å². The molecule has 0 bridgehead atoms. The predicted molar refractivity (Wildman–Crippen MR) is 103 cm³/mol. The average molecular weight is 450 g/mol. The zero-order chi connectivity index (χ0) is 18.1. The van der Waals surface area contributed by atoms with Crippen molar-refractivity contribution in [1.29, 1.82) is 0 Å². The van der Waals surface area contributed by atoms with Gasteiger partial charge in [0.25, 0.3) is 11.6 Å². The lowest BCUT2D eigenvalue weighted by atomic mass is 10.1. The van der Waals surface area contributed by atoms with Crippen molar-refractivity contribution >= 4 is 45.2 Å². The number of non-ortho nitro benzene ring substituents is 1. The molecule has 6 nitrogen and oxygen atoms in total. The number of hydrogen-bond acceptors (Lipinski definition) is 4. The highest BCUT2D eigenvalue weighted by Gasteiger charge is 2.24. The topological polar surface area (TPSA) is 76.6 Å². The summed E-state index contributed by atoms with van der Waals surface area (Å²) >= 11 is 2.01. The fourth-order valence-corrected chi connectivity index (χ4v) is 3.12. The van der Waals surface area contributed by atoms with Gasteiger partial charge in [-0.15, -0.1) is 0 Å². The molecule has 0 N–H and O–H groups in total. The van der Waals surface area contributed by atoms with E-state index in [2.05, 4.69) is 0 Å². The summed E-state index contributed by atoms with van der Waals surface area (Å²) in [6, 6.07) is 13.5. The molecule has 1 aromatic heterocycles. The maximum Gasteiger partial charge on any atom is 0.270 e. The van der Waals surface area contributed by atoms with E-state index in [4.69, 9.17) is 4.42 Å². The van der Waals surface area contributed by atoms with Crippen LogP contribution in [-0.2, 0) is 0 Å². The minimum absolute atomic E-state index is 0.103. The average Bonchev–Trinajstić information content (AvgIpc) is 3.04. The van der Waals surface area contributed by atoms with Gasteiger partial charge in [-0.2, -0.15) is 0 Å². The van der Waals surface area contributed by atoms with Crippen LogP contribution < -0.4 is 0 Å². The standard InChI is InChI=1S/C18H15IN2O4/c1-11(17-9-12-5-3-4-6-16(12)25-17)20(2)18(22)14-10-13(21(23)24)7-8-15(14)19/h3-11H,1-2H3. The summed E-state index contributed by atoms with van der Waals surface area (Å²) in [4.78, 5) is 24.8. The Morgan fingerprint density at radius 1 is 1.24 bits per heavy atom. The number of carbonyl (C=O) groups is 1. The summed E-state index contributed by atoms with van der Waals surface area (Å²) in [6.45, 7) is 1.86. The number of hydrogen-bond donors (Lipinski definition) is 0. The molecule has 7 heteroatoms. The second-order valence-electron chi connectivity index (χ2n) is 5.70. The van der Waals surface area contributed by atoms with Gasteiger partial charge in [-0.05, 0) is 47.7 Å². The fourth-order valence-electron chi connectivity index (χ4n) is 2.56. The molecule has 2 aromatic carbocycles. The Morgan fingerprint density at radius 2 is 1.96 bits per heavy atom. The van der Waals surface area contributed by atoms with Gasteiger partial charge in [-0.25, -0.2) is 0 Å². The molecule has 1 unspecified atom stereocenters. The zero-order valence-electron chi connectivity index (χ0n) is 13.6. The van der Waals surface area contributed by atoms with E-state index < -0.39 is 4.92 Å². The van der Waals surface area contributed by atoms with Crippen LogP contribution in [0, 0.1) is 13.7 Å². The molecule has 0 aliphatic rings. The van der Waals surface area contributed by atoms with Crippen molar-refractivity contribution in [1.82, 2.24) is 4.90 Å². The smallest absolute Gasteiger partial charge is 0.270 e. The van der Waals surface area contributed by atoms with Crippen LogP contribution >= 0.6 is 22.6 Å². The Kier molecular flexibility index (Phi) is 4.76. The fraction of sp³-hybridized carbons (Fsp3) is 0.167. The van der Waals surface area contributed by atoms with Crippen LogP contribution in [0.2, 0.25) is 0 Å². The van der Waals surface area contributed by atoms with Gasteiger partial charge in [-0.1, -0.05) is 18.2 Å². The van der Waals surface area contributed by atoms with Gasteiger partial charge in [0, 0.05) is 28.1 Å². The number of nitrogens with zero attached hydrogens (tertiary/aromatic N) is 2. The highest BCUT2D eigenvalue weighted by molar-refractivity contribution is 14.1. The van der Waals surface area contributed by atoms with Crippen molar-refractivity contribution in [2.24, 2.45) is 0 Å². The van der Waals surface area contributed by atoms with E-state index in [0.29, 0.717) is 14.9 Å². The molecule has 0 aliphatic heterocycles. The normalized spacial score (nSPS) is 12.1. The van der Waals surface area contributed by atoms with Crippen LogP contribution in [0.5, 0.6) is 0 Å². The number of benzene rings is 2. The minimum atomic E-state index is -0.504. The molecule has 3 aromatic rings. The number of para-hydroxylation sites is 1. The summed E-state index contributed by atoms with van der Waals surface area (Å²) in [5.74, 6) is 0.374. The molecule has 1 amide bonds. The molecule has 1 atom stereocenters. The van der Waals surface area contributed by atoms with Crippen LogP contribution in [0.1, 0.15) is 29.1 Å². The Labute approximate surface area is 157 Å². The number of nitro groups is 1. The molecular weight excluding hydrogens is 435 g/mol. The third-order valence-electron chi connectivity index (χ3n) is 4.15. The third kappa shape index (κ3) is 3.37. The van der Waals surface area contributed by atoms with Gasteiger partial charge in [0.05, 0.1) is 16.5 Å². The summed E-state index contributed by atoms with van der Waals surface area (Å²) in [6.07, 6.45) is 0. The summed E-state index contributed by atoms with van der Waals surface area (Å²) in [5.41, 5.74) is 0.962. The Morgan fingerprint density at radius 3 is 2.64 bits per heavy atom. The van der Waals surface area contributed by atoms with Gasteiger partial charge < -0.3 is 9.32 Å². The van der Waals surface area contributed by atoms with E-state index in [1.165, 1.54) is 17.0 Å². The van der Waals surface area contributed by atoms with Crippen LogP contribution in [0.3, 0.4) is 0 Å². The van der Waals surface area contributed by atoms with E-state index in [1.807, 2.05) is 59.8 Å². The van der Waals surface area contributed by atoms with Crippen molar-refractivity contribution < 1.29 is 14.1 Å². The first kappa shape index (κ1) is 17.4. The number of amides is 1. The van der Waals surface area contributed by atoms with Gasteiger partial charge >= 0.3 is 0 Å². The molecule has 0 radical (unpaired) electrons. The molecule has 3 rings (SSSR count). The Hall–Kier alpha value is -2.42. The van der Waals surface area contributed by atoms with Gasteiger partial charge in [0.2, 0.25) is 0 Å². The lowest BCUT2D eigenvalue weighted by molar-refractivity contribution is -0.384. The van der Waals surface area contributed by atoms with E-state index >= 15 is 0 Å². The van der Waals surface area contributed by atoms with Gasteiger partial charge in [0.1, 0.15) is 11.3 Å². The molecule has 1 heterocycles. The Balaban J connectivity index is 1.91. The van der Waals surface area contributed by atoms with E-state index in [0.717, 1.165) is 11.0 Å². The van der Waals surface area contributed by atoms with Crippen LogP contribution in [0.25, 0.3) is 11.0 Å². The number of fused-ring (bicyclic) bond motifs is 1. The monoisotopic (exact) mass is 450 g/mol. The third-order valence-corrected chi connectivity index (χ3v) is 5.09. The summed E-state index contributed by atoms with van der Waals surface area (Å²) in [5, 5.41) is 11.9. The number of halogens is 1. The highest BCUT2D eigenvalue weighted by Crippen LogP contribution is 2.29. The largest absolute Gasteiger partial charge is 0.459 e. The molecule has 0 fully saturated rings. The minimum Gasteiger partial charge on any atom is -0.459 e. The quantitative estimate of drug-likeness (QED) is 0.326. The molecule has 0 saturated carbocycles. The van der Waals surface area contributed by atoms with Crippen LogP contribution in [0.4, 0.5) is 5.69 Å². The summed E-state index contributed by atoms with van der Waals surface area (Å²) < 4.78 is 6.49. The highest BCUT2D eigenvalue weighted by atomic mass is 127. The Bertz CT molecular complexity index is 934. The zero-order valence-corrected chi connectivity index (χ0v) is 15.8. The van der Waals surface area contributed by atoms with E-state index in [1.54, 1.807) is 13.1 Å². The predicted octanol–water partition coefficient (Wildman–Crippen LogP) is 4.78. The van der Waals surface area contributed by atoms with Crippen molar-refractivity contribution in [3.8, 4) is 0 Å². The van der Waals surface area contributed by atoms with Gasteiger partial charge in [-0.3, -0.25) is 14.9 Å². The first-order chi connectivity index (χ1) is 11.9. The lowest BCUT2D eigenvalue weighted by Crippen LogP contribution is -2.30. The molecule has 0 spiro atoms. The second-order valence-corrected chi connectivity index (χ2v) is 6.86. The number of nitro benzene ring substituents is 1. The number of carbonyl (C=O) groups excluding carboxylic acids is 1. The second kappa shape index (κ2) is 6.83. The molecule has 0 saturated heterocycles. The SMILES string of the molecule is CC(c1cc2ccccc2o1)N(C)C(=O)c1cc([N+](=O)[O-])ccc1I. The van der Waals surface area contributed by atoms with Crippen LogP contribution in [0.15, 0.2) is 52.9 Å². The lowest BCUT2D eigenvalue weighted by Gasteiger charge is -2.23. The molecule has 25 heavy (non-hydrogen) atoms. The molecular formula is C18H15IN2O4. The number of rotatable bonds is 4. The maximum absolute atomic E-state index is 12.8. The van der Waals surface area contributed by atoms with E-state index in [9.17, 15) is 14.9 Å². The van der Waals surface area contributed by atoms with Crippen molar-refractivity contribution in [3.63, 3.8) is 0 Å². The van der Waals surface area contributed by atoms with Crippen molar-refractivity contribution in [2.75, 3.05) is 7.05 Å². The van der Waals surface area contributed by atoms with Crippen LogP contribution in [-0.4, -0.2) is 22.8 Å². The molecule has 0 aliphatic carbocycles.